The van der Waals surface area contributed by atoms with Crippen molar-refractivity contribution >= 4 is 0 Å². The highest BCUT2D eigenvalue weighted by atomic mass is 16.5. The van der Waals surface area contributed by atoms with E-state index >= 15 is 0 Å². The van der Waals surface area contributed by atoms with E-state index in [0.29, 0.717) is 0 Å². The summed E-state index contributed by atoms with van der Waals surface area (Å²) in [7, 11) is 7.99. The normalized spacial score (nSPS) is 12.0. The summed E-state index contributed by atoms with van der Waals surface area (Å²) in [4.78, 5) is 0. The van der Waals surface area contributed by atoms with Crippen LogP contribution in [-0.2, 0) is 9.47 Å². The van der Waals surface area contributed by atoms with Gasteiger partial charge >= 0.3 is 0 Å². The third-order valence-corrected chi connectivity index (χ3v) is 2.26. The van der Waals surface area contributed by atoms with Crippen LogP contribution in [0.25, 0.3) is 0 Å². The van der Waals surface area contributed by atoms with Crippen LogP contribution in [0.3, 0.4) is 0 Å². The second-order valence-electron chi connectivity index (χ2n) is 4.08. The van der Waals surface area contributed by atoms with Gasteiger partial charge in [-0.1, -0.05) is 0 Å². The Bertz CT molecular complexity index is 115. The molecule has 0 aromatic carbocycles. The number of unbranched alkanes of at least 4 members (excludes halogenated alkanes) is 1. The number of likely N-dealkylation sites (N-methyl/N-ethyl adjacent to an activating group) is 1. The van der Waals surface area contributed by atoms with Gasteiger partial charge in [-0.05, 0) is 12.8 Å². The Morgan fingerprint density at radius 1 is 0.846 bits per heavy atom. The van der Waals surface area contributed by atoms with Gasteiger partial charge in [-0.25, -0.2) is 0 Å². The topological polar surface area (TPSA) is 18.5 Å². The molecule has 0 aliphatic heterocycles. The number of rotatable bonds is 8. The molecule has 3 nitrogen and oxygen atoms in total. The van der Waals surface area contributed by atoms with Crippen LogP contribution in [0, 0.1) is 0 Å². The van der Waals surface area contributed by atoms with Crippen molar-refractivity contribution in [3.8, 4) is 0 Å². The molecule has 0 aromatic heterocycles. The first kappa shape index (κ1) is 12.9. The second kappa shape index (κ2) is 7.30. The molecule has 0 heterocycles. The summed E-state index contributed by atoms with van der Waals surface area (Å²) in [6.45, 7) is 4.01. The monoisotopic (exact) mass is 190 g/mol. The van der Waals surface area contributed by atoms with E-state index in [-0.39, 0.29) is 0 Å². The number of methoxy groups -OCH3 is 2. The van der Waals surface area contributed by atoms with E-state index in [9.17, 15) is 0 Å². The Balaban J connectivity index is 3.39. The van der Waals surface area contributed by atoms with Gasteiger partial charge in [-0.2, -0.15) is 0 Å². The van der Waals surface area contributed by atoms with Gasteiger partial charge in [0.15, 0.2) is 0 Å². The molecule has 0 fully saturated rings. The van der Waals surface area contributed by atoms with Gasteiger partial charge in [0.05, 0.1) is 27.2 Å². The lowest BCUT2D eigenvalue weighted by Gasteiger charge is -2.29. The molecule has 0 aromatic rings. The molecule has 0 spiro atoms. The second-order valence-corrected chi connectivity index (χ2v) is 4.08. The van der Waals surface area contributed by atoms with Gasteiger partial charge < -0.3 is 14.0 Å². The molecule has 80 valence electrons. The molecule has 0 bridgehead atoms. The van der Waals surface area contributed by atoms with Crippen molar-refractivity contribution in [2.75, 3.05) is 54.6 Å². The molecule has 0 amide bonds. The summed E-state index contributed by atoms with van der Waals surface area (Å²) in [5.41, 5.74) is 0. The number of hydrogen-bond donors (Lipinski definition) is 0. The van der Waals surface area contributed by atoms with Crippen LogP contribution in [0.1, 0.15) is 12.8 Å². The zero-order chi connectivity index (χ0) is 10.2. The molecule has 0 aliphatic rings. The van der Waals surface area contributed by atoms with Crippen molar-refractivity contribution in [2.24, 2.45) is 0 Å². The van der Waals surface area contributed by atoms with Crippen LogP contribution in [0.5, 0.6) is 0 Å². The van der Waals surface area contributed by atoms with Crippen molar-refractivity contribution < 1.29 is 14.0 Å². The van der Waals surface area contributed by atoms with Gasteiger partial charge in [0.25, 0.3) is 0 Å². The number of hydrogen-bond acceptors (Lipinski definition) is 2. The highest BCUT2D eigenvalue weighted by molar-refractivity contribution is 4.39. The standard InChI is InChI=1S/C10H24NO2/c1-11(2,8-10-13-4)7-5-6-9-12-3/h5-10H2,1-4H3/q+1. The molecule has 0 atom stereocenters. The SMILES string of the molecule is COCCCC[N+](C)(C)CCOC. The number of ether oxygens (including phenoxy) is 2. The van der Waals surface area contributed by atoms with E-state index in [1.807, 2.05) is 0 Å². The first-order chi connectivity index (χ1) is 6.12. The smallest absolute Gasteiger partial charge is 0.102 e. The third-order valence-electron chi connectivity index (χ3n) is 2.26. The lowest BCUT2D eigenvalue weighted by atomic mass is 10.3. The summed E-state index contributed by atoms with van der Waals surface area (Å²) in [6, 6.07) is 0. The largest absolute Gasteiger partial charge is 0.385 e. The summed E-state index contributed by atoms with van der Waals surface area (Å²) in [5.74, 6) is 0. The highest BCUT2D eigenvalue weighted by Gasteiger charge is 2.13. The van der Waals surface area contributed by atoms with Crippen molar-refractivity contribution in [1.82, 2.24) is 0 Å². The lowest BCUT2D eigenvalue weighted by Crippen LogP contribution is -2.43. The summed E-state index contributed by atoms with van der Waals surface area (Å²) >= 11 is 0. The van der Waals surface area contributed by atoms with Crippen molar-refractivity contribution in [3.63, 3.8) is 0 Å². The van der Waals surface area contributed by atoms with Crippen LogP contribution in [0.4, 0.5) is 0 Å². The number of quaternary nitrogens is 1. The Labute approximate surface area is 82.2 Å². The average molecular weight is 190 g/mol. The lowest BCUT2D eigenvalue weighted by molar-refractivity contribution is -0.890. The highest BCUT2D eigenvalue weighted by Crippen LogP contribution is 2.01. The third kappa shape index (κ3) is 8.22. The van der Waals surface area contributed by atoms with Crippen LogP contribution >= 0.6 is 0 Å². The quantitative estimate of drug-likeness (QED) is 0.422. The molecule has 3 heteroatoms. The molecule has 0 unspecified atom stereocenters. The predicted octanol–water partition coefficient (Wildman–Crippen LogP) is 1.14. The van der Waals surface area contributed by atoms with E-state index in [1.54, 1.807) is 14.2 Å². The van der Waals surface area contributed by atoms with Gasteiger partial charge in [0, 0.05) is 20.8 Å². The minimum atomic E-state index is 0.845. The van der Waals surface area contributed by atoms with Crippen LogP contribution in [-0.4, -0.2) is 59.1 Å². The van der Waals surface area contributed by atoms with E-state index in [2.05, 4.69) is 14.1 Å². The molecule has 0 saturated heterocycles. The molecule has 0 saturated carbocycles. The maximum Gasteiger partial charge on any atom is 0.102 e. The average Bonchev–Trinajstić information content (AvgIpc) is 2.09. The maximum atomic E-state index is 5.06. The maximum absolute atomic E-state index is 5.06. The molecular weight excluding hydrogens is 166 g/mol. The van der Waals surface area contributed by atoms with Crippen molar-refractivity contribution in [3.05, 3.63) is 0 Å². The Morgan fingerprint density at radius 3 is 2.00 bits per heavy atom. The predicted molar refractivity (Wildman–Crippen MR) is 54.8 cm³/mol. The Kier molecular flexibility index (Phi) is 7.23. The minimum Gasteiger partial charge on any atom is -0.385 e. The van der Waals surface area contributed by atoms with Crippen molar-refractivity contribution in [1.29, 1.82) is 0 Å². The van der Waals surface area contributed by atoms with E-state index < -0.39 is 0 Å². The van der Waals surface area contributed by atoms with E-state index in [1.165, 1.54) is 13.0 Å². The van der Waals surface area contributed by atoms with E-state index in [4.69, 9.17) is 9.47 Å². The van der Waals surface area contributed by atoms with E-state index in [0.717, 1.165) is 30.7 Å². The molecule has 0 aliphatic carbocycles. The Hall–Kier alpha value is -0.120. The fourth-order valence-electron chi connectivity index (χ4n) is 1.24. The van der Waals surface area contributed by atoms with Gasteiger partial charge in [0.1, 0.15) is 6.54 Å². The molecule has 0 radical (unpaired) electrons. The fourth-order valence-corrected chi connectivity index (χ4v) is 1.24. The minimum absolute atomic E-state index is 0.845. The number of nitrogens with zero attached hydrogens (tertiary/aromatic N) is 1. The van der Waals surface area contributed by atoms with Crippen LogP contribution < -0.4 is 0 Å². The molecule has 0 rings (SSSR count). The van der Waals surface area contributed by atoms with Gasteiger partial charge in [-0.15, -0.1) is 0 Å². The molecular formula is C10H24NO2+. The molecule has 13 heavy (non-hydrogen) atoms. The van der Waals surface area contributed by atoms with Gasteiger partial charge in [0.2, 0.25) is 0 Å². The van der Waals surface area contributed by atoms with Crippen molar-refractivity contribution in [2.45, 2.75) is 12.8 Å². The van der Waals surface area contributed by atoms with Gasteiger partial charge in [-0.3, -0.25) is 0 Å². The first-order valence-corrected chi connectivity index (χ1v) is 4.92. The first-order valence-electron chi connectivity index (χ1n) is 4.92. The summed E-state index contributed by atoms with van der Waals surface area (Å²) in [5, 5.41) is 0. The summed E-state index contributed by atoms with van der Waals surface area (Å²) in [6.07, 6.45) is 2.38. The van der Waals surface area contributed by atoms with Crippen LogP contribution in [0.15, 0.2) is 0 Å². The fraction of sp³-hybridized carbons (Fsp3) is 1.00. The molecule has 0 N–H and O–H groups in total. The zero-order valence-electron chi connectivity index (χ0n) is 9.51. The zero-order valence-corrected chi connectivity index (χ0v) is 9.51. The Morgan fingerprint density at radius 2 is 1.46 bits per heavy atom. The summed E-state index contributed by atoms with van der Waals surface area (Å²) < 4.78 is 11.1. The van der Waals surface area contributed by atoms with Crippen LogP contribution in [0.2, 0.25) is 0 Å².